The van der Waals surface area contributed by atoms with Crippen molar-refractivity contribution in [2.45, 2.75) is 19.4 Å². The molecule has 0 aliphatic carbocycles. The molecule has 1 amide bonds. The number of pyridine rings is 1. The zero-order valence-electron chi connectivity index (χ0n) is 15.8. The van der Waals surface area contributed by atoms with E-state index in [1.54, 1.807) is 12.3 Å². The summed E-state index contributed by atoms with van der Waals surface area (Å²) >= 11 is 0. The van der Waals surface area contributed by atoms with E-state index >= 15 is 0 Å². The van der Waals surface area contributed by atoms with Gasteiger partial charge in [0, 0.05) is 24.3 Å². The van der Waals surface area contributed by atoms with Gasteiger partial charge in [0.15, 0.2) is 0 Å². The van der Waals surface area contributed by atoms with E-state index in [2.05, 4.69) is 50.7 Å². The monoisotopic (exact) mass is 372 g/mol. The number of para-hydroxylation sites is 1. The molecule has 4 rings (SSSR count). The van der Waals surface area contributed by atoms with E-state index in [1.165, 1.54) is 5.56 Å². The van der Waals surface area contributed by atoms with Crippen molar-refractivity contribution in [2.75, 3.05) is 13.1 Å². The first kappa shape index (κ1) is 18.3. The maximum atomic E-state index is 12.5. The molecule has 1 saturated heterocycles. The van der Waals surface area contributed by atoms with Crippen molar-refractivity contribution in [3.05, 3.63) is 78.0 Å². The quantitative estimate of drug-likeness (QED) is 0.546. The van der Waals surface area contributed by atoms with Gasteiger partial charge in [-0.1, -0.05) is 48.5 Å². The average Bonchev–Trinajstić information content (AvgIpc) is 2.75. The standard InChI is InChI=1S/C23H24N4O/c28-23(21-10-13-24-22-9-5-4-8-20(21)22)26-25-16-18-11-14-27(15-12-18)17-19-6-2-1-3-7-19/h1-10,13,16,18H,11-12,14-15,17H2,(H,26,28). The summed E-state index contributed by atoms with van der Waals surface area (Å²) in [7, 11) is 0. The third-order valence-electron chi connectivity index (χ3n) is 5.23. The number of aromatic nitrogens is 1. The Morgan fingerprint density at radius 1 is 1.07 bits per heavy atom. The van der Waals surface area contributed by atoms with E-state index in [-0.39, 0.29) is 5.91 Å². The second-order valence-corrected chi connectivity index (χ2v) is 7.19. The molecule has 1 aromatic heterocycles. The fourth-order valence-electron chi connectivity index (χ4n) is 3.66. The summed E-state index contributed by atoms with van der Waals surface area (Å²) < 4.78 is 0. The van der Waals surface area contributed by atoms with Crippen molar-refractivity contribution in [3.8, 4) is 0 Å². The molecule has 1 aliphatic heterocycles. The third kappa shape index (κ3) is 4.43. The minimum absolute atomic E-state index is 0.198. The summed E-state index contributed by atoms with van der Waals surface area (Å²) in [5.74, 6) is 0.206. The van der Waals surface area contributed by atoms with Crippen LogP contribution in [0, 0.1) is 5.92 Å². The van der Waals surface area contributed by atoms with Crippen LogP contribution in [0.4, 0.5) is 0 Å². The van der Waals surface area contributed by atoms with Gasteiger partial charge in [0.2, 0.25) is 0 Å². The topological polar surface area (TPSA) is 57.6 Å². The lowest BCUT2D eigenvalue weighted by atomic mass is 9.98. The number of amides is 1. The summed E-state index contributed by atoms with van der Waals surface area (Å²) in [6, 6.07) is 19.9. The van der Waals surface area contributed by atoms with Crippen LogP contribution in [0.15, 0.2) is 72.0 Å². The first-order chi connectivity index (χ1) is 13.8. The number of nitrogens with zero attached hydrogens (tertiary/aromatic N) is 3. The Morgan fingerprint density at radius 3 is 2.64 bits per heavy atom. The van der Waals surface area contributed by atoms with Crippen molar-refractivity contribution in [3.63, 3.8) is 0 Å². The van der Waals surface area contributed by atoms with E-state index in [0.717, 1.165) is 43.4 Å². The molecule has 0 atom stereocenters. The average molecular weight is 372 g/mol. The van der Waals surface area contributed by atoms with Crippen LogP contribution in [0.25, 0.3) is 10.9 Å². The Morgan fingerprint density at radius 2 is 1.82 bits per heavy atom. The summed E-state index contributed by atoms with van der Waals surface area (Å²) in [4.78, 5) is 19.3. The minimum Gasteiger partial charge on any atom is -0.299 e. The van der Waals surface area contributed by atoms with Crippen LogP contribution in [-0.2, 0) is 6.54 Å². The lowest BCUT2D eigenvalue weighted by Crippen LogP contribution is -2.34. The lowest BCUT2D eigenvalue weighted by molar-refractivity contribution is 0.0956. The molecule has 0 unspecified atom stereocenters. The second kappa shape index (κ2) is 8.76. The molecule has 5 nitrogen and oxygen atoms in total. The Labute approximate surface area is 165 Å². The van der Waals surface area contributed by atoms with Gasteiger partial charge in [-0.25, -0.2) is 5.43 Å². The minimum atomic E-state index is -0.198. The van der Waals surface area contributed by atoms with Crippen LogP contribution in [-0.4, -0.2) is 35.1 Å². The molecule has 1 aliphatic rings. The highest BCUT2D eigenvalue weighted by molar-refractivity contribution is 6.05. The highest BCUT2D eigenvalue weighted by Gasteiger charge is 2.18. The van der Waals surface area contributed by atoms with Crippen molar-refractivity contribution < 1.29 is 4.79 Å². The number of hydrazone groups is 1. The molecule has 28 heavy (non-hydrogen) atoms. The largest absolute Gasteiger partial charge is 0.299 e. The van der Waals surface area contributed by atoms with Crippen molar-refractivity contribution in [1.82, 2.24) is 15.3 Å². The first-order valence-corrected chi connectivity index (χ1v) is 9.73. The summed E-state index contributed by atoms with van der Waals surface area (Å²) in [6.45, 7) is 3.10. The number of carbonyl (C=O) groups is 1. The highest BCUT2D eigenvalue weighted by Crippen LogP contribution is 2.18. The van der Waals surface area contributed by atoms with E-state index in [0.29, 0.717) is 11.5 Å². The van der Waals surface area contributed by atoms with Crippen LogP contribution >= 0.6 is 0 Å². The number of carbonyl (C=O) groups excluding carboxylic acids is 1. The van der Waals surface area contributed by atoms with Gasteiger partial charge in [-0.05, 0) is 49.5 Å². The Kier molecular flexibility index (Phi) is 5.73. The molecule has 0 spiro atoms. The molecule has 1 N–H and O–H groups in total. The number of fused-ring (bicyclic) bond motifs is 1. The molecule has 5 heteroatoms. The molecule has 0 saturated carbocycles. The molecule has 3 aromatic rings. The molecule has 0 bridgehead atoms. The molecule has 2 heterocycles. The van der Waals surface area contributed by atoms with E-state index < -0.39 is 0 Å². The van der Waals surface area contributed by atoms with Gasteiger partial charge in [-0.3, -0.25) is 14.7 Å². The SMILES string of the molecule is O=C(NN=CC1CCN(Cc2ccccc2)CC1)c1ccnc2ccccc12. The van der Waals surface area contributed by atoms with Gasteiger partial charge in [-0.2, -0.15) is 5.10 Å². The van der Waals surface area contributed by atoms with Crippen LogP contribution in [0.1, 0.15) is 28.8 Å². The van der Waals surface area contributed by atoms with Crippen LogP contribution < -0.4 is 5.43 Å². The number of rotatable bonds is 5. The van der Waals surface area contributed by atoms with Crippen molar-refractivity contribution in [1.29, 1.82) is 0 Å². The first-order valence-electron chi connectivity index (χ1n) is 9.73. The zero-order chi connectivity index (χ0) is 19.2. The molecule has 0 radical (unpaired) electrons. The number of piperidine rings is 1. The highest BCUT2D eigenvalue weighted by atomic mass is 16.2. The molecular formula is C23H24N4O. The number of nitrogens with one attached hydrogen (secondary N) is 1. The summed E-state index contributed by atoms with van der Waals surface area (Å²) in [6.07, 6.45) is 5.67. The van der Waals surface area contributed by atoms with E-state index in [4.69, 9.17) is 0 Å². The molecule has 1 fully saturated rings. The van der Waals surface area contributed by atoms with Crippen LogP contribution in [0.2, 0.25) is 0 Å². The number of hydrogen-bond donors (Lipinski definition) is 1. The number of benzene rings is 2. The molecule has 2 aromatic carbocycles. The normalized spacial score (nSPS) is 15.9. The van der Waals surface area contributed by atoms with Gasteiger partial charge in [0.05, 0.1) is 11.1 Å². The van der Waals surface area contributed by atoms with Gasteiger partial charge < -0.3 is 0 Å². The van der Waals surface area contributed by atoms with Crippen molar-refractivity contribution >= 4 is 23.0 Å². The Hall–Kier alpha value is -3.05. The zero-order valence-corrected chi connectivity index (χ0v) is 15.8. The predicted molar refractivity (Wildman–Crippen MR) is 112 cm³/mol. The van der Waals surface area contributed by atoms with Crippen LogP contribution in [0.5, 0.6) is 0 Å². The third-order valence-corrected chi connectivity index (χ3v) is 5.23. The van der Waals surface area contributed by atoms with Crippen LogP contribution in [0.3, 0.4) is 0 Å². The second-order valence-electron chi connectivity index (χ2n) is 7.19. The smallest absolute Gasteiger partial charge is 0.272 e. The van der Waals surface area contributed by atoms with Gasteiger partial charge >= 0.3 is 0 Å². The number of likely N-dealkylation sites (tertiary alicyclic amines) is 1. The Bertz CT molecular complexity index is 957. The van der Waals surface area contributed by atoms with Gasteiger partial charge in [0.1, 0.15) is 0 Å². The van der Waals surface area contributed by atoms with Gasteiger partial charge in [0.25, 0.3) is 5.91 Å². The number of hydrogen-bond acceptors (Lipinski definition) is 4. The predicted octanol–water partition coefficient (Wildman–Crippen LogP) is 3.86. The summed E-state index contributed by atoms with van der Waals surface area (Å²) in [5, 5.41) is 5.06. The summed E-state index contributed by atoms with van der Waals surface area (Å²) in [5.41, 5.74) is 5.44. The van der Waals surface area contributed by atoms with E-state index in [9.17, 15) is 4.79 Å². The van der Waals surface area contributed by atoms with E-state index in [1.807, 2.05) is 30.5 Å². The lowest BCUT2D eigenvalue weighted by Gasteiger charge is -2.30. The molecular weight excluding hydrogens is 348 g/mol. The van der Waals surface area contributed by atoms with Crippen molar-refractivity contribution in [2.24, 2.45) is 11.0 Å². The molecule has 142 valence electrons. The maximum Gasteiger partial charge on any atom is 0.272 e. The fraction of sp³-hybridized carbons (Fsp3) is 0.261. The maximum absolute atomic E-state index is 12.5. The van der Waals surface area contributed by atoms with Gasteiger partial charge in [-0.15, -0.1) is 0 Å². The fourth-order valence-corrected chi connectivity index (χ4v) is 3.66. The Balaban J connectivity index is 1.29.